The van der Waals surface area contributed by atoms with Gasteiger partial charge in [0.2, 0.25) is 0 Å². The fraction of sp³-hybridized carbons (Fsp3) is 0.951. The predicted octanol–water partition coefficient (Wildman–Crippen LogP) is 24.3. The van der Waals surface area contributed by atoms with Crippen molar-refractivity contribution in [1.82, 2.24) is 0 Å². The molecular weight excluding hydrogens is 1310 g/mol. The van der Waals surface area contributed by atoms with E-state index in [1.165, 1.54) is 231 Å². The number of carbonyl (C=O) groups excluding carboxylic acids is 4. The molecule has 0 aliphatic heterocycles. The first-order valence-corrected chi connectivity index (χ1v) is 45.1. The van der Waals surface area contributed by atoms with Gasteiger partial charge in [0, 0.05) is 25.7 Å². The average Bonchev–Trinajstić information content (AvgIpc) is 0.951. The van der Waals surface area contributed by atoms with E-state index in [1.807, 2.05) is 0 Å². The number of aliphatic hydroxyl groups is 1. The van der Waals surface area contributed by atoms with Gasteiger partial charge in [0.15, 0.2) is 12.2 Å². The molecule has 0 bridgehead atoms. The molecule has 0 aromatic carbocycles. The third-order valence-electron chi connectivity index (χ3n) is 19.7. The Kier molecular flexibility index (Phi) is 71.2. The third-order valence-corrected chi connectivity index (χ3v) is 21.6. The standard InChI is InChI=1S/C81H158O17P2/c1-7-11-13-15-17-18-19-20-21-22-23-27-30-33-36-39-46-52-58-64-79(84)92-70-77(97-80(85)65-59-53-47-40-37-34-31-28-25-24-26-29-32-35-38-44-49-55-61-73(5)9-3)72-96-100(89,90)94-68-75(82)67-93-99(87,88)95-71-76(69-91-78(83)63-57-51-43-16-14-12-8-2)98-81(86)66-60-54-48-42-41-45-50-56-62-74(6)10-4/h73-77,82H,7-72H2,1-6H3,(H,87,88)(H,89,90)/t73?,74?,75-,76+,77+/m0/s1. The molecule has 0 aliphatic rings. The smallest absolute Gasteiger partial charge is 0.462 e. The van der Waals surface area contributed by atoms with E-state index in [9.17, 15) is 43.2 Å². The van der Waals surface area contributed by atoms with Crippen molar-refractivity contribution in [2.45, 2.75) is 445 Å². The molecule has 0 amide bonds. The number of hydrogen-bond acceptors (Lipinski definition) is 15. The molecular formula is C81H158O17P2. The van der Waals surface area contributed by atoms with Crippen molar-refractivity contribution >= 4 is 39.5 Å². The first-order valence-electron chi connectivity index (χ1n) is 42.1. The van der Waals surface area contributed by atoms with Crippen molar-refractivity contribution in [3.63, 3.8) is 0 Å². The highest BCUT2D eigenvalue weighted by molar-refractivity contribution is 7.47. The van der Waals surface area contributed by atoms with E-state index in [0.29, 0.717) is 25.7 Å². The molecule has 4 unspecified atom stereocenters. The molecule has 100 heavy (non-hydrogen) atoms. The van der Waals surface area contributed by atoms with E-state index in [0.717, 1.165) is 115 Å². The number of rotatable bonds is 80. The number of phosphoric acid groups is 2. The zero-order chi connectivity index (χ0) is 73.5. The van der Waals surface area contributed by atoms with Crippen molar-refractivity contribution in [2.24, 2.45) is 11.8 Å². The van der Waals surface area contributed by atoms with Gasteiger partial charge < -0.3 is 33.8 Å². The number of hydrogen-bond donors (Lipinski definition) is 3. The van der Waals surface area contributed by atoms with E-state index >= 15 is 0 Å². The first kappa shape index (κ1) is 98.1. The van der Waals surface area contributed by atoms with Gasteiger partial charge in [-0.15, -0.1) is 0 Å². The molecule has 594 valence electrons. The number of carbonyl (C=O) groups is 4. The maximum atomic E-state index is 13.1. The van der Waals surface area contributed by atoms with Gasteiger partial charge in [-0.2, -0.15) is 0 Å². The summed E-state index contributed by atoms with van der Waals surface area (Å²) in [6.07, 6.45) is 62.7. The largest absolute Gasteiger partial charge is 0.472 e. The Hall–Kier alpha value is -1.94. The zero-order valence-electron chi connectivity index (χ0n) is 65.5. The van der Waals surface area contributed by atoms with Gasteiger partial charge in [0.1, 0.15) is 19.3 Å². The van der Waals surface area contributed by atoms with Crippen molar-refractivity contribution in [3.8, 4) is 0 Å². The normalized spacial score (nSPS) is 14.4. The van der Waals surface area contributed by atoms with Crippen LogP contribution in [0, 0.1) is 11.8 Å². The minimum Gasteiger partial charge on any atom is -0.462 e. The van der Waals surface area contributed by atoms with Crippen molar-refractivity contribution in [2.75, 3.05) is 39.6 Å². The van der Waals surface area contributed by atoms with Crippen LogP contribution in [0.1, 0.15) is 427 Å². The molecule has 0 saturated carbocycles. The Morgan fingerprint density at radius 1 is 0.280 bits per heavy atom. The van der Waals surface area contributed by atoms with E-state index in [1.54, 1.807) is 0 Å². The van der Waals surface area contributed by atoms with E-state index in [-0.39, 0.29) is 25.7 Å². The molecule has 19 heteroatoms. The fourth-order valence-electron chi connectivity index (χ4n) is 12.5. The molecule has 0 aliphatic carbocycles. The minimum atomic E-state index is -4.96. The summed E-state index contributed by atoms with van der Waals surface area (Å²) in [7, 11) is -9.91. The van der Waals surface area contributed by atoms with Crippen LogP contribution in [-0.4, -0.2) is 96.7 Å². The van der Waals surface area contributed by atoms with Crippen LogP contribution >= 0.6 is 15.6 Å². The fourth-order valence-corrected chi connectivity index (χ4v) is 14.1. The molecule has 0 heterocycles. The zero-order valence-corrected chi connectivity index (χ0v) is 67.3. The molecule has 0 aromatic rings. The third kappa shape index (κ3) is 71.7. The summed E-state index contributed by atoms with van der Waals surface area (Å²) in [4.78, 5) is 72.8. The molecule has 17 nitrogen and oxygen atoms in total. The monoisotopic (exact) mass is 1470 g/mol. The average molecular weight is 1470 g/mol. The van der Waals surface area contributed by atoms with Crippen LogP contribution in [0.4, 0.5) is 0 Å². The Bertz CT molecular complexity index is 1930. The molecule has 0 radical (unpaired) electrons. The van der Waals surface area contributed by atoms with Crippen LogP contribution in [0.3, 0.4) is 0 Å². The number of esters is 4. The Morgan fingerprint density at radius 2 is 0.480 bits per heavy atom. The number of aliphatic hydroxyl groups excluding tert-OH is 1. The molecule has 7 atom stereocenters. The Balaban J connectivity index is 5.16. The van der Waals surface area contributed by atoms with Gasteiger partial charge >= 0.3 is 39.5 Å². The van der Waals surface area contributed by atoms with Crippen LogP contribution in [-0.2, 0) is 65.4 Å². The summed E-state index contributed by atoms with van der Waals surface area (Å²) >= 11 is 0. The van der Waals surface area contributed by atoms with Crippen molar-refractivity contribution in [1.29, 1.82) is 0 Å². The predicted molar refractivity (Wildman–Crippen MR) is 409 cm³/mol. The number of unbranched alkanes of at least 4 members (excludes halogenated alkanes) is 48. The molecule has 0 saturated heterocycles. The van der Waals surface area contributed by atoms with Gasteiger partial charge in [-0.1, -0.05) is 375 Å². The Labute approximate surface area is 613 Å². The lowest BCUT2D eigenvalue weighted by atomic mass is 9.99. The summed E-state index contributed by atoms with van der Waals surface area (Å²) < 4.78 is 68.6. The summed E-state index contributed by atoms with van der Waals surface area (Å²) in [5, 5.41) is 10.6. The first-order chi connectivity index (χ1) is 48.4. The number of ether oxygens (including phenoxy) is 4. The topological polar surface area (TPSA) is 237 Å². The second-order valence-corrected chi connectivity index (χ2v) is 32.6. The van der Waals surface area contributed by atoms with Gasteiger partial charge in [0.05, 0.1) is 26.4 Å². The van der Waals surface area contributed by atoms with Gasteiger partial charge in [-0.25, -0.2) is 9.13 Å². The van der Waals surface area contributed by atoms with Gasteiger partial charge in [-0.3, -0.25) is 37.3 Å². The molecule has 0 fully saturated rings. The lowest BCUT2D eigenvalue weighted by Gasteiger charge is -2.21. The molecule has 0 spiro atoms. The lowest BCUT2D eigenvalue weighted by Crippen LogP contribution is -2.30. The SMILES string of the molecule is CCCCCCCCCCCCCCCCCCCCCC(=O)OC[C@H](COP(=O)(O)OC[C@@H](O)COP(=O)(O)OC[C@@H](COC(=O)CCCCCCCCC)OC(=O)CCCCCCCCCCC(C)CC)OC(=O)CCCCCCCCCCCCCCCCCCCCC(C)CC. The minimum absolute atomic E-state index is 0.105. The maximum Gasteiger partial charge on any atom is 0.472 e. The second-order valence-electron chi connectivity index (χ2n) is 29.6. The Morgan fingerprint density at radius 3 is 0.710 bits per heavy atom. The summed E-state index contributed by atoms with van der Waals surface area (Å²) in [6.45, 7) is 9.65. The van der Waals surface area contributed by atoms with Crippen LogP contribution in [0.25, 0.3) is 0 Å². The molecule has 0 aromatic heterocycles. The van der Waals surface area contributed by atoms with Gasteiger partial charge in [0.25, 0.3) is 0 Å². The van der Waals surface area contributed by atoms with Crippen molar-refractivity contribution < 1.29 is 80.2 Å². The highest BCUT2D eigenvalue weighted by atomic mass is 31.2. The second kappa shape index (κ2) is 72.6. The van der Waals surface area contributed by atoms with E-state index in [2.05, 4.69) is 41.5 Å². The van der Waals surface area contributed by atoms with Gasteiger partial charge in [-0.05, 0) is 37.5 Å². The van der Waals surface area contributed by atoms with E-state index in [4.69, 9.17) is 37.0 Å². The quantitative estimate of drug-likeness (QED) is 0.0222. The lowest BCUT2D eigenvalue weighted by molar-refractivity contribution is -0.161. The summed E-state index contributed by atoms with van der Waals surface area (Å²) in [5.74, 6) is -0.475. The van der Waals surface area contributed by atoms with Crippen LogP contribution in [0.5, 0.6) is 0 Å². The van der Waals surface area contributed by atoms with Crippen LogP contribution in [0.2, 0.25) is 0 Å². The van der Waals surface area contributed by atoms with E-state index < -0.39 is 97.5 Å². The maximum absolute atomic E-state index is 13.1. The molecule has 3 N–H and O–H groups in total. The highest BCUT2D eigenvalue weighted by Crippen LogP contribution is 2.45. The summed E-state index contributed by atoms with van der Waals surface area (Å²) in [6, 6.07) is 0. The highest BCUT2D eigenvalue weighted by Gasteiger charge is 2.30. The van der Waals surface area contributed by atoms with Crippen LogP contribution < -0.4 is 0 Å². The molecule has 0 rings (SSSR count). The van der Waals surface area contributed by atoms with Crippen molar-refractivity contribution in [3.05, 3.63) is 0 Å². The number of phosphoric ester groups is 2. The van der Waals surface area contributed by atoms with Crippen LogP contribution in [0.15, 0.2) is 0 Å². The summed E-state index contributed by atoms with van der Waals surface area (Å²) in [5.41, 5.74) is 0.